The van der Waals surface area contributed by atoms with Crippen LogP contribution in [0.4, 0.5) is 26.3 Å². The van der Waals surface area contributed by atoms with Crippen LogP contribution in [0.25, 0.3) is 32.4 Å². The first-order valence-electron chi connectivity index (χ1n) is 10.6. The molecule has 0 bridgehead atoms. The van der Waals surface area contributed by atoms with E-state index in [2.05, 4.69) is 0 Å². The second-order valence-corrected chi connectivity index (χ2v) is 10.2. The van der Waals surface area contributed by atoms with Crippen molar-refractivity contribution < 1.29 is 26.3 Å². The van der Waals surface area contributed by atoms with Crippen molar-refractivity contribution in [3.8, 4) is 10.4 Å². The number of halogens is 7. The van der Waals surface area contributed by atoms with Crippen LogP contribution in [-0.2, 0) is 0 Å². The average molecular weight is 523 g/mol. The topological polar surface area (TPSA) is 0 Å². The number of allylic oxidation sites excluding steroid dienone is 2. The lowest BCUT2D eigenvalue weighted by Crippen LogP contribution is -2.49. The fraction of sp³-hybridized carbons (Fsp3) is 0.185. The van der Waals surface area contributed by atoms with Gasteiger partial charge in [0.05, 0.1) is 0 Å². The second kappa shape index (κ2) is 7.87. The van der Waals surface area contributed by atoms with E-state index >= 15 is 17.6 Å². The Morgan fingerprint density at radius 3 is 2.14 bits per heavy atom. The van der Waals surface area contributed by atoms with Crippen LogP contribution >= 0.6 is 22.9 Å². The van der Waals surface area contributed by atoms with E-state index in [0.717, 1.165) is 11.3 Å². The average Bonchev–Trinajstić information content (AvgIpc) is 3.22. The van der Waals surface area contributed by atoms with Gasteiger partial charge in [-0.2, -0.15) is 26.3 Å². The summed E-state index contributed by atoms with van der Waals surface area (Å²) in [6, 6.07) is 17.3. The highest BCUT2D eigenvalue weighted by atomic mass is 35.5. The van der Waals surface area contributed by atoms with Crippen molar-refractivity contribution in [2.24, 2.45) is 0 Å². The minimum absolute atomic E-state index is 0.201. The maximum absolute atomic E-state index is 15.4. The van der Waals surface area contributed by atoms with E-state index in [1.54, 1.807) is 48.5 Å². The molecule has 4 aromatic rings. The predicted octanol–water partition coefficient (Wildman–Crippen LogP) is 9.67. The standard InChI is InChI=1S/C27H17ClF6S/c1-14-10-11-16-6-3-4-9-19(16)22(14)24-23(25(29,30)27(33,34)26(24,31)32)20-13-21(35-15(20)2)17-7-5-8-18(28)12-17/h3-13H,1-2H3. The minimum atomic E-state index is -5.61. The SMILES string of the molecule is Cc1ccc2ccccc2c1C1=C(c2cc(-c3cccc(Cl)c3)sc2C)C(F)(F)C(F)(F)C1(F)F. The lowest BCUT2D eigenvalue weighted by molar-refractivity contribution is -0.254. The summed E-state index contributed by atoms with van der Waals surface area (Å²) in [6.45, 7) is 2.91. The maximum Gasteiger partial charge on any atom is 0.380 e. The van der Waals surface area contributed by atoms with Crippen LogP contribution in [0.15, 0.2) is 66.7 Å². The lowest BCUT2D eigenvalue weighted by Gasteiger charge is -2.26. The molecular formula is C27H17ClF6S. The van der Waals surface area contributed by atoms with E-state index in [4.69, 9.17) is 11.6 Å². The molecule has 0 radical (unpaired) electrons. The van der Waals surface area contributed by atoms with E-state index < -0.39 is 28.9 Å². The number of hydrogen-bond donors (Lipinski definition) is 0. The van der Waals surface area contributed by atoms with Gasteiger partial charge in [-0.1, -0.05) is 60.1 Å². The van der Waals surface area contributed by atoms with Gasteiger partial charge >= 0.3 is 17.8 Å². The molecular weight excluding hydrogens is 506 g/mol. The third-order valence-corrected chi connectivity index (χ3v) is 7.68. The van der Waals surface area contributed by atoms with Crippen molar-refractivity contribution in [3.05, 3.63) is 93.3 Å². The van der Waals surface area contributed by atoms with Gasteiger partial charge in [-0.15, -0.1) is 11.3 Å². The third kappa shape index (κ3) is 3.35. The van der Waals surface area contributed by atoms with Gasteiger partial charge < -0.3 is 0 Å². The summed E-state index contributed by atoms with van der Waals surface area (Å²) in [5, 5.41) is 1.08. The monoisotopic (exact) mass is 522 g/mol. The fourth-order valence-corrected chi connectivity index (χ4v) is 5.85. The Bertz CT molecular complexity index is 1520. The summed E-state index contributed by atoms with van der Waals surface area (Å²) in [5.74, 6) is -15.8. The van der Waals surface area contributed by atoms with E-state index in [0.29, 0.717) is 20.8 Å². The van der Waals surface area contributed by atoms with Gasteiger partial charge in [0.15, 0.2) is 0 Å². The van der Waals surface area contributed by atoms with Gasteiger partial charge in [-0.3, -0.25) is 0 Å². The van der Waals surface area contributed by atoms with Crippen LogP contribution in [0.2, 0.25) is 5.02 Å². The first-order chi connectivity index (χ1) is 16.4. The summed E-state index contributed by atoms with van der Waals surface area (Å²) >= 11 is 7.09. The fourth-order valence-electron chi connectivity index (χ4n) is 4.64. The summed E-state index contributed by atoms with van der Waals surface area (Å²) < 4.78 is 91.3. The Labute approximate surface area is 206 Å². The molecule has 0 fully saturated rings. The van der Waals surface area contributed by atoms with Crippen LogP contribution in [0.1, 0.15) is 21.6 Å². The van der Waals surface area contributed by atoms with Gasteiger partial charge in [-0.05, 0) is 65.1 Å². The zero-order chi connectivity index (χ0) is 25.3. The van der Waals surface area contributed by atoms with E-state index in [-0.39, 0.29) is 27.0 Å². The summed E-state index contributed by atoms with van der Waals surface area (Å²) in [7, 11) is 0. The molecule has 3 aromatic carbocycles. The zero-order valence-corrected chi connectivity index (χ0v) is 20.0. The number of benzene rings is 3. The summed E-state index contributed by atoms with van der Waals surface area (Å²) in [4.78, 5) is 0.675. The molecule has 0 amide bonds. The normalized spacial score (nSPS) is 18.4. The quantitative estimate of drug-likeness (QED) is 0.235. The predicted molar refractivity (Wildman–Crippen MR) is 130 cm³/mol. The van der Waals surface area contributed by atoms with Crippen LogP contribution in [-0.4, -0.2) is 17.8 Å². The molecule has 180 valence electrons. The lowest BCUT2D eigenvalue weighted by atomic mass is 9.88. The Balaban J connectivity index is 1.89. The van der Waals surface area contributed by atoms with Crippen molar-refractivity contribution in [1.29, 1.82) is 0 Å². The van der Waals surface area contributed by atoms with E-state index in [1.165, 1.54) is 32.0 Å². The van der Waals surface area contributed by atoms with Crippen molar-refractivity contribution in [2.45, 2.75) is 31.6 Å². The Hall–Kier alpha value is -2.77. The molecule has 35 heavy (non-hydrogen) atoms. The maximum atomic E-state index is 15.4. The van der Waals surface area contributed by atoms with Gasteiger partial charge in [0, 0.05) is 25.9 Å². The van der Waals surface area contributed by atoms with Gasteiger partial charge in [0.1, 0.15) is 0 Å². The van der Waals surface area contributed by atoms with Crippen LogP contribution in [0.5, 0.6) is 0 Å². The molecule has 5 rings (SSSR count). The minimum Gasteiger partial charge on any atom is -0.194 e. The molecule has 0 spiro atoms. The highest BCUT2D eigenvalue weighted by Gasteiger charge is 2.80. The molecule has 1 aliphatic carbocycles. The van der Waals surface area contributed by atoms with Gasteiger partial charge in [0.2, 0.25) is 0 Å². The molecule has 0 aliphatic heterocycles. The van der Waals surface area contributed by atoms with Crippen molar-refractivity contribution in [3.63, 3.8) is 0 Å². The van der Waals surface area contributed by atoms with Crippen LogP contribution < -0.4 is 0 Å². The molecule has 0 nitrogen and oxygen atoms in total. The van der Waals surface area contributed by atoms with Gasteiger partial charge in [-0.25, -0.2) is 0 Å². The molecule has 0 N–H and O–H groups in total. The highest BCUT2D eigenvalue weighted by Crippen LogP contribution is 2.66. The Kier molecular flexibility index (Phi) is 5.38. The first-order valence-corrected chi connectivity index (χ1v) is 11.8. The van der Waals surface area contributed by atoms with Crippen molar-refractivity contribution in [1.82, 2.24) is 0 Å². The van der Waals surface area contributed by atoms with Crippen LogP contribution in [0.3, 0.4) is 0 Å². The highest BCUT2D eigenvalue weighted by molar-refractivity contribution is 7.15. The number of alkyl halides is 6. The van der Waals surface area contributed by atoms with Crippen molar-refractivity contribution >= 4 is 44.9 Å². The molecule has 1 aromatic heterocycles. The largest absolute Gasteiger partial charge is 0.380 e. The van der Waals surface area contributed by atoms with E-state index in [1.807, 2.05) is 0 Å². The number of aryl methyl sites for hydroxylation is 2. The van der Waals surface area contributed by atoms with E-state index in [9.17, 15) is 8.78 Å². The second-order valence-electron chi connectivity index (χ2n) is 8.54. The molecule has 0 saturated heterocycles. The molecule has 1 heterocycles. The number of fused-ring (bicyclic) bond motifs is 1. The third-order valence-electron chi connectivity index (χ3n) is 6.35. The van der Waals surface area contributed by atoms with Crippen LogP contribution in [0, 0.1) is 13.8 Å². The molecule has 0 atom stereocenters. The molecule has 1 aliphatic rings. The number of hydrogen-bond acceptors (Lipinski definition) is 1. The molecule has 8 heteroatoms. The van der Waals surface area contributed by atoms with Gasteiger partial charge in [0.25, 0.3) is 0 Å². The Morgan fingerprint density at radius 2 is 1.43 bits per heavy atom. The number of rotatable bonds is 3. The van der Waals surface area contributed by atoms with Crippen molar-refractivity contribution in [2.75, 3.05) is 0 Å². The smallest absolute Gasteiger partial charge is 0.194 e. The number of thiophene rings is 1. The molecule has 0 saturated carbocycles. The zero-order valence-electron chi connectivity index (χ0n) is 18.4. The molecule has 0 unspecified atom stereocenters. The summed E-state index contributed by atoms with van der Waals surface area (Å²) in [6.07, 6.45) is 0. The Morgan fingerprint density at radius 1 is 0.743 bits per heavy atom. The summed E-state index contributed by atoms with van der Waals surface area (Å²) in [5.41, 5.74) is -2.52. The first kappa shape index (κ1) is 23.9.